The molecular formula is C30H34BrN5O2. The van der Waals surface area contributed by atoms with E-state index in [1.54, 1.807) is 7.11 Å². The maximum Gasteiger partial charge on any atom is 0.251 e. The second-order valence-electron chi connectivity index (χ2n) is 9.98. The zero-order chi connectivity index (χ0) is 26.6. The Morgan fingerprint density at radius 3 is 2.68 bits per heavy atom. The highest BCUT2D eigenvalue weighted by atomic mass is 79.9. The van der Waals surface area contributed by atoms with Crippen LogP contribution < -0.4 is 4.74 Å². The van der Waals surface area contributed by atoms with E-state index in [1.165, 1.54) is 0 Å². The van der Waals surface area contributed by atoms with Crippen molar-refractivity contribution in [3.63, 3.8) is 0 Å². The summed E-state index contributed by atoms with van der Waals surface area (Å²) in [6, 6.07) is 10.2. The number of methoxy groups -OCH3 is 1. The lowest BCUT2D eigenvalue weighted by molar-refractivity contribution is -0.128. The van der Waals surface area contributed by atoms with Gasteiger partial charge in [0.05, 0.1) is 7.11 Å². The van der Waals surface area contributed by atoms with E-state index in [4.69, 9.17) is 4.74 Å². The highest BCUT2D eigenvalue weighted by molar-refractivity contribution is 9.12. The first-order valence-corrected chi connectivity index (χ1v) is 13.8. The Hall–Kier alpha value is -3.20. The number of H-pyrrole nitrogens is 1. The molecule has 1 aliphatic carbocycles. The predicted molar refractivity (Wildman–Crippen MR) is 157 cm³/mol. The second-order valence-corrected chi connectivity index (χ2v) is 10.8. The monoisotopic (exact) mass is 575 g/mol. The summed E-state index contributed by atoms with van der Waals surface area (Å²) in [5.41, 5.74) is 5.73. The van der Waals surface area contributed by atoms with E-state index in [0.717, 1.165) is 88.4 Å². The summed E-state index contributed by atoms with van der Waals surface area (Å²) >= 11 is 3.68. The third-order valence-electron chi connectivity index (χ3n) is 7.27. The quantitative estimate of drug-likeness (QED) is 0.432. The van der Waals surface area contributed by atoms with Gasteiger partial charge in [0.2, 0.25) is 0 Å². The number of aromatic amines is 1. The number of carbonyl (C=O) groups excluding carboxylic acids is 1. The van der Waals surface area contributed by atoms with Gasteiger partial charge in [0, 0.05) is 83.8 Å². The highest BCUT2D eigenvalue weighted by Crippen LogP contribution is 2.36. The summed E-state index contributed by atoms with van der Waals surface area (Å²) in [6.45, 7) is 5.42. The topological polar surface area (TPSA) is 64.7 Å². The van der Waals surface area contributed by atoms with Crippen LogP contribution in [0.4, 0.5) is 0 Å². The molecular weight excluding hydrogens is 542 g/mol. The minimum atomic E-state index is 0.115. The number of ether oxygens (including phenoxy) is 1. The molecule has 1 fully saturated rings. The van der Waals surface area contributed by atoms with Gasteiger partial charge in [-0.3, -0.25) is 9.69 Å². The van der Waals surface area contributed by atoms with Gasteiger partial charge in [-0.1, -0.05) is 46.3 Å². The predicted octanol–water partition coefficient (Wildman–Crippen LogP) is 4.94. The number of likely N-dealkylation sites (N-methyl/N-ethyl adjacent to an activating group) is 1. The number of carbonyl (C=O) groups is 1. The number of fused-ring (bicyclic) bond motifs is 1. The molecule has 1 saturated heterocycles. The van der Waals surface area contributed by atoms with Gasteiger partial charge in [0.15, 0.2) is 0 Å². The molecule has 0 unspecified atom stereocenters. The van der Waals surface area contributed by atoms with Crippen LogP contribution in [0.1, 0.15) is 12.0 Å². The maximum absolute atomic E-state index is 13.5. The molecule has 3 aromatic rings. The van der Waals surface area contributed by atoms with Crippen LogP contribution in [0.25, 0.3) is 27.7 Å². The number of piperazine rings is 1. The highest BCUT2D eigenvalue weighted by Gasteiger charge is 2.25. The van der Waals surface area contributed by atoms with E-state index in [1.807, 2.05) is 41.6 Å². The van der Waals surface area contributed by atoms with Gasteiger partial charge >= 0.3 is 0 Å². The molecule has 1 amide bonds. The van der Waals surface area contributed by atoms with Crippen molar-refractivity contribution < 1.29 is 9.53 Å². The van der Waals surface area contributed by atoms with Crippen LogP contribution >= 0.6 is 15.9 Å². The van der Waals surface area contributed by atoms with Crippen LogP contribution in [0, 0.1) is 0 Å². The molecule has 198 valence electrons. The smallest absolute Gasteiger partial charge is 0.251 e. The lowest BCUT2D eigenvalue weighted by Crippen LogP contribution is -2.50. The minimum Gasteiger partial charge on any atom is -0.496 e. The third kappa shape index (κ3) is 5.62. The Morgan fingerprint density at radius 1 is 1.13 bits per heavy atom. The Labute approximate surface area is 232 Å². The van der Waals surface area contributed by atoms with Crippen molar-refractivity contribution in [3.05, 3.63) is 76.6 Å². The van der Waals surface area contributed by atoms with Crippen molar-refractivity contribution in [2.45, 2.75) is 6.42 Å². The fourth-order valence-corrected chi connectivity index (χ4v) is 5.47. The third-order valence-corrected chi connectivity index (χ3v) is 8.01. The lowest BCUT2D eigenvalue weighted by atomic mass is 10.0. The first kappa shape index (κ1) is 26.4. The van der Waals surface area contributed by atoms with Crippen molar-refractivity contribution >= 4 is 38.4 Å². The van der Waals surface area contributed by atoms with E-state index in [0.29, 0.717) is 6.42 Å². The number of hydrogen-bond acceptors (Lipinski definition) is 5. The molecule has 2 aliphatic rings. The van der Waals surface area contributed by atoms with E-state index in [9.17, 15) is 4.79 Å². The van der Waals surface area contributed by atoms with Gasteiger partial charge in [0.25, 0.3) is 5.91 Å². The van der Waals surface area contributed by atoms with Gasteiger partial charge in [-0.2, -0.15) is 0 Å². The summed E-state index contributed by atoms with van der Waals surface area (Å²) in [5, 5.41) is 1.03. The van der Waals surface area contributed by atoms with Crippen molar-refractivity contribution in [1.29, 1.82) is 0 Å². The number of nitrogens with zero attached hydrogens (tertiary/aromatic N) is 4. The summed E-state index contributed by atoms with van der Waals surface area (Å²) in [7, 11) is 5.88. The molecule has 2 aromatic heterocycles. The van der Waals surface area contributed by atoms with Gasteiger partial charge in [-0.25, -0.2) is 4.98 Å². The van der Waals surface area contributed by atoms with E-state index >= 15 is 0 Å². The number of para-hydroxylation sites is 1. The molecule has 0 radical (unpaired) electrons. The number of pyridine rings is 1. The summed E-state index contributed by atoms with van der Waals surface area (Å²) in [4.78, 5) is 28.0. The zero-order valence-corrected chi connectivity index (χ0v) is 23.8. The van der Waals surface area contributed by atoms with Crippen LogP contribution in [0.5, 0.6) is 5.75 Å². The number of nitrogens with one attached hydrogen (secondary N) is 1. The number of rotatable bonds is 7. The number of amides is 1. The first-order chi connectivity index (χ1) is 18.4. The molecule has 0 saturated carbocycles. The molecule has 8 heteroatoms. The Morgan fingerprint density at radius 2 is 1.92 bits per heavy atom. The molecule has 1 aliphatic heterocycles. The molecule has 3 heterocycles. The summed E-state index contributed by atoms with van der Waals surface area (Å²) < 4.78 is 6.44. The normalized spacial score (nSPS) is 16.8. The standard InChI is InChI=1S/C30H34BrN5O2/c1-34(2)12-13-35-14-16-36(17-15-35)30(37)24-10-8-21(9-11-27(24)31)22-18-25-26(20-33-29(25)32-19-22)23-6-4-5-7-28(23)38-3/h4-9,11,18-20H,10,12-17H2,1-3H3,(H,32,33). The van der Waals surface area contributed by atoms with Crippen LogP contribution in [-0.4, -0.2) is 91.0 Å². The number of benzene rings is 1. The summed E-state index contributed by atoms with van der Waals surface area (Å²) in [6.07, 6.45) is 10.6. The number of aromatic nitrogens is 2. The molecule has 5 rings (SSSR count). The maximum atomic E-state index is 13.5. The lowest BCUT2D eigenvalue weighted by Gasteiger charge is -2.35. The molecule has 0 bridgehead atoms. The average molecular weight is 577 g/mol. The molecule has 38 heavy (non-hydrogen) atoms. The van der Waals surface area contributed by atoms with E-state index < -0.39 is 0 Å². The first-order valence-electron chi connectivity index (χ1n) is 13.0. The molecule has 1 aromatic carbocycles. The van der Waals surface area contributed by atoms with Crippen molar-refractivity contribution in [2.24, 2.45) is 0 Å². The van der Waals surface area contributed by atoms with Crippen molar-refractivity contribution in [2.75, 3.05) is 60.5 Å². The number of allylic oxidation sites excluding steroid dienone is 5. The van der Waals surface area contributed by atoms with E-state index in [-0.39, 0.29) is 5.91 Å². The number of hydrogen-bond donors (Lipinski definition) is 1. The van der Waals surface area contributed by atoms with Crippen LogP contribution in [0.2, 0.25) is 0 Å². The van der Waals surface area contributed by atoms with Gasteiger partial charge < -0.3 is 19.5 Å². The average Bonchev–Trinajstić information content (AvgIpc) is 3.26. The zero-order valence-electron chi connectivity index (χ0n) is 22.2. The minimum absolute atomic E-state index is 0.115. The van der Waals surface area contributed by atoms with Gasteiger partial charge in [0.1, 0.15) is 11.4 Å². The largest absolute Gasteiger partial charge is 0.496 e. The Balaban J connectivity index is 1.33. The number of halogens is 1. The molecule has 0 atom stereocenters. The fourth-order valence-electron chi connectivity index (χ4n) is 5.00. The van der Waals surface area contributed by atoms with E-state index in [2.05, 4.69) is 74.1 Å². The van der Waals surface area contributed by atoms with Crippen LogP contribution in [0.3, 0.4) is 0 Å². The van der Waals surface area contributed by atoms with Crippen molar-refractivity contribution in [1.82, 2.24) is 24.7 Å². The second kappa shape index (κ2) is 11.7. The Kier molecular flexibility index (Phi) is 8.12. The molecule has 7 nitrogen and oxygen atoms in total. The Bertz CT molecular complexity index is 1410. The SMILES string of the molecule is COc1ccccc1-c1c[nH]c2ncc(C3=CCC(C(=O)N4CCN(CCN(C)C)CC4)=C(Br)C=C3)cc12. The summed E-state index contributed by atoms with van der Waals surface area (Å²) in [5.74, 6) is 0.936. The fraction of sp³-hybridized carbons (Fsp3) is 0.333. The van der Waals surface area contributed by atoms with Crippen molar-refractivity contribution in [3.8, 4) is 16.9 Å². The molecule has 0 spiro atoms. The van der Waals surface area contributed by atoms with Gasteiger partial charge in [-0.05, 0) is 44.3 Å². The van der Waals surface area contributed by atoms with Gasteiger partial charge in [-0.15, -0.1) is 0 Å². The van der Waals surface area contributed by atoms with Crippen LogP contribution in [-0.2, 0) is 4.79 Å². The molecule has 1 N–H and O–H groups in total. The van der Waals surface area contributed by atoms with Crippen LogP contribution in [0.15, 0.2) is 71.0 Å².